The molecule has 84 valence electrons. The highest BCUT2D eigenvalue weighted by molar-refractivity contribution is 5.35. The molecule has 0 spiro atoms. The zero-order valence-corrected chi connectivity index (χ0v) is 9.85. The van der Waals surface area contributed by atoms with Crippen LogP contribution in [0.5, 0.6) is 5.75 Å². The third kappa shape index (κ3) is 3.77. The number of phenols is 1. The number of rotatable bonds is 4. The summed E-state index contributed by atoms with van der Waals surface area (Å²) in [7, 11) is 0. The van der Waals surface area contributed by atoms with Crippen molar-refractivity contribution >= 4 is 0 Å². The number of hydrogen-bond acceptors (Lipinski definition) is 1. The van der Waals surface area contributed by atoms with Gasteiger partial charge in [0.25, 0.3) is 0 Å². The van der Waals surface area contributed by atoms with E-state index in [1.54, 1.807) is 6.07 Å². The molecule has 0 aliphatic heterocycles. The second-order valence-corrected chi connectivity index (χ2v) is 3.52. The van der Waals surface area contributed by atoms with E-state index >= 15 is 0 Å². The van der Waals surface area contributed by atoms with Crippen molar-refractivity contribution in [2.45, 2.75) is 20.3 Å². The van der Waals surface area contributed by atoms with Crippen molar-refractivity contribution in [3.63, 3.8) is 0 Å². The number of aromatic hydroxyl groups is 1. The molecule has 1 aromatic carbocycles. The quantitative estimate of drug-likeness (QED) is 0.751. The maximum Gasteiger partial charge on any atom is 0.119 e. The van der Waals surface area contributed by atoms with Crippen LogP contribution in [-0.2, 0) is 6.42 Å². The summed E-state index contributed by atoms with van der Waals surface area (Å²) in [6, 6.07) is 7.42. The molecular weight excluding hydrogens is 196 g/mol. The fourth-order valence-electron chi connectivity index (χ4n) is 1.45. The maximum absolute atomic E-state index is 9.57. The van der Waals surface area contributed by atoms with Crippen LogP contribution in [0.2, 0.25) is 0 Å². The molecule has 0 bridgehead atoms. The molecule has 1 N–H and O–H groups in total. The number of hydrogen-bond donors (Lipinski definition) is 1. The van der Waals surface area contributed by atoms with E-state index in [-0.39, 0.29) is 0 Å². The lowest BCUT2D eigenvalue weighted by atomic mass is 10.1. The molecule has 0 aromatic heterocycles. The highest BCUT2D eigenvalue weighted by Crippen LogP contribution is 2.16. The molecule has 16 heavy (non-hydrogen) atoms. The molecule has 1 nitrogen and oxygen atoms in total. The minimum atomic E-state index is 0.361. The Morgan fingerprint density at radius 1 is 1.19 bits per heavy atom. The molecule has 0 atom stereocenters. The van der Waals surface area contributed by atoms with Crippen LogP contribution in [-0.4, -0.2) is 5.11 Å². The van der Waals surface area contributed by atoms with Gasteiger partial charge in [0.15, 0.2) is 0 Å². The van der Waals surface area contributed by atoms with E-state index in [4.69, 9.17) is 0 Å². The van der Waals surface area contributed by atoms with Crippen LogP contribution >= 0.6 is 0 Å². The Hall–Kier alpha value is -1.76. The Kier molecular flexibility index (Phi) is 5.13. The summed E-state index contributed by atoms with van der Waals surface area (Å²) in [5.74, 6) is 0.361. The van der Waals surface area contributed by atoms with Gasteiger partial charge in [-0.15, -0.1) is 0 Å². The van der Waals surface area contributed by atoms with E-state index in [0.29, 0.717) is 5.75 Å². The lowest BCUT2D eigenvalue weighted by Crippen LogP contribution is -1.81. The summed E-state index contributed by atoms with van der Waals surface area (Å²) in [6.45, 7) is 4.01. The zero-order valence-electron chi connectivity index (χ0n) is 9.85. The highest BCUT2D eigenvalue weighted by Gasteiger charge is 1.95. The molecule has 1 rings (SSSR count). The van der Waals surface area contributed by atoms with Gasteiger partial charge in [0.1, 0.15) is 5.75 Å². The first-order chi connectivity index (χ1) is 7.77. The second kappa shape index (κ2) is 6.67. The molecule has 0 aliphatic rings. The first-order valence-corrected chi connectivity index (χ1v) is 5.50. The summed E-state index contributed by atoms with van der Waals surface area (Å²) in [4.78, 5) is 0. The van der Waals surface area contributed by atoms with Gasteiger partial charge >= 0.3 is 0 Å². The average Bonchev–Trinajstić information content (AvgIpc) is 2.30. The Morgan fingerprint density at radius 2 is 1.94 bits per heavy atom. The summed E-state index contributed by atoms with van der Waals surface area (Å²) in [5, 5.41) is 9.57. The molecule has 0 saturated heterocycles. The highest BCUT2D eigenvalue weighted by atomic mass is 16.3. The van der Waals surface area contributed by atoms with E-state index in [1.807, 2.05) is 38.1 Å². The fraction of sp³-hybridized carbons (Fsp3) is 0.200. The number of phenolic OH excluding ortho intramolecular Hbond substituents is 1. The lowest BCUT2D eigenvalue weighted by Gasteiger charge is -1.99. The van der Waals surface area contributed by atoms with Crippen LogP contribution in [0.1, 0.15) is 19.4 Å². The molecule has 0 amide bonds. The largest absolute Gasteiger partial charge is 0.508 e. The number of allylic oxidation sites excluding steroid dienone is 6. The Morgan fingerprint density at radius 3 is 2.56 bits per heavy atom. The van der Waals surface area contributed by atoms with Gasteiger partial charge in [-0.3, -0.25) is 0 Å². The van der Waals surface area contributed by atoms with E-state index in [1.165, 1.54) is 5.57 Å². The van der Waals surface area contributed by atoms with Crippen molar-refractivity contribution in [3.05, 3.63) is 65.8 Å². The Balaban J connectivity index is 2.64. The van der Waals surface area contributed by atoms with E-state index < -0.39 is 0 Å². The predicted octanol–water partition coefficient (Wildman–Crippen LogP) is 4.01. The summed E-state index contributed by atoms with van der Waals surface area (Å²) in [5.41, 5.74) is 2.13. The minimum absolute atomic E-state index is 0.361. The maximum atomic E-state index is 9.57. The minimum Gasteiger partial charge on any atom is -0.508 e. The van der Waals surface area contributed by atoms with Crippen molar-refractivity contribution < 1.29 is 5.11 Å². The molecule has 0 radical (unpaired) electrons. The van der Waals surface area contributed by atoms with E-state index in [2.05, 4.69) is 24.3 Å². The van der Waals surface area contributed by atoms with E-state index in [0.717, 1.165) is 12.0 Å². The summed E-state index contributed by atoms with van der Waals surface area (Å²) >= 11 is 0. The second-order valence-electron chi connectivity index (χ2n) is 3.52. The fourth-order valence-corrected chi connectivity index (χ4v) is 1.45. The van der Waals surface area contributed by atoms with Crippen LogP contribution in [0.25, 0.3) is 0 Å². The zero-order chi connectivity index (χ0) is 11.8. The molecule has 0 fully saturated rings. The van der Waals surface area contributed by atoms with Crippen molar-refractivity contribution in [2.24, 2.45) is 0 Å². The van der Waals surface area contributed by atoms with Gasteiger partial charge in [0, 0.05) is 0 Å². The topological polar surface area (TPSA) is 20.2 Å². The molecular formula is C15H18O. The number of para-hydroxylation sites is 1. The summed E-state index contributed by atoms with van der Waals surface area (Å²) in [6.07, 6.45) is 11.0. The van der Waals surface area contributed by atoms with Gasteiger partial charge in [0.2, 0.25) is 0 Å². The SMILES string of the molecule is C/C=C/C(/C=C\Cc1ccccc1O)=C\C. The molecule has 1 heteroatoms. The molecule has 0 heterocycles. The van der Waals surface area contributed by atoms with Gasteiger partial charge in [-0.25, -0.2) is 0 Å². The molecule has 0 saturated carbocycles. The number of benzene rings is 1. The van der Waals surface area contributed by atoms with Crippen LogP contribution in [0.4, 0.5) is 0 Å². The van der Waals surface area contributed by atoms with Crippen LogP contribution in [0, 0.1) is 0 Å². The Labute approximate surface area is 97.4 Å². The third-order valence-electron chi connectivity index (χ3n) is 2.33. The van der Waals surface area contributed by atoms with Crippen molar-refractivity contribution in [3.8, 4) is 5.75 Å². The lowest BCUT2D eigenvalue weighted by molar-refractivity contribution is 0.470. The van der Waals surface area contributed by atoms with Crippen molar-refractivity contribution in [1.29, 1.82) is 0 Å². The molecule has 1 aromatic rings. The van der Waals surface area contributed by atoms with E-state index in [9.17, 15) is 5.11 Å². The van der Waals surface area contributed by atoms with Gasteiger partial charge in [0.05, 0.1) is 0 Å². The molecule has 0 unspecified atom stereocenters. The Bertz CT molecular complexity index is 411. The summed E-state index contributed by atoms with van der Waals surface area (Å²) < 4.78 is 0. The van der Waals surface area contributed by atoms with Gasteiger partial charge in [-0.2, -0.15) is 0 Å². The van der Waals surface area contributed by atoms with Gasteiger partial charge in [-0.05, 0) is 37.5 Å². The predicted molar refractivity (Wildman–Crippen MR) is 69.5 cm³/mol. The third-order valence-corrected chi connectivity index (χ3v) is 2.33. The van der Waals surface area contributed by atoms with Crippen LogP contribution in [0.15, 0.2) is 60.2 Å². The smallest absolute Gasteiger partial charge is 0.119 e. The standard InChI is InChI=1S/C15H18O/c1-3-8-13(4-2)9-7-11-14-10-5-6-12-15(14)16/h3-10,12,16H,11H2,1-2H3/b8-3+,9-7-,13-4+. The normalized spacial score (nSPS) is 12.8. The van der Waals surface area contributed by atoms with Crippen molar-refractivity contribution in [2.75, 3.05) is 0 Å². The first-order valence-electron chi connectivity index (χ1n) is 5.50. The van der Waals surface area contributed by atoms with Crippen molar-refractivity contribution in [1.82, 2.24) is 0 Å². The van der Waals surface area contributed by atoms with Gasteiger partial charge in [-0.1, -0.05) is 48.6 Å². The van der Waals surface area contributed by atoms with Gasteiger partial charge < -0.3 is 5.11 Å². The average molecular weight is 214 g/mol. The van der Waals surface area contributed by atoms with Crippen LogP contribution in [0.3, 0.4) is 0 Å². The first kappa shape index (κ1) is 12.3. The molecule has 0 aliphatic carbocycles. The monoisotopic (exact) mass is 214 g/mol. The van der Waals surface area contributed by atoms with Crippen LogP contribution < -0.4 is 0 Å².